The first-order valence-electron chi connectivity index (χ1n) is 31.4. The van der Waals surface area contributed by atoms with Crippen molar-refractivity contribution in [3.63, 3.8) is 0 Å². The van der Waals surface area contributed by atoms with Crippen LogP contribution in [0.15, 0.2) is 170 Å². The SMILES string of the molecule is [2H]c1c([2H])c([2H])c2c(c1[2H])c1c([2H])c([2H])c([2H])c3c1n2-c1cc2c(cc1B3c1c(C(C)C)cc(C(C)C)cc1C(C)C)-n1c3ccc(-c4ccccc4)cc3c3cc(-c4ccccc4)cc(c31)B2c1c(C(C)C)cc(C(C)C)cc1C(C)C. The van der Waals surface area contributed by atoms with Gasteiger partial charge >= 0.3 is 0 Å². The minimum absolute atomic E-state index is 0.0571. The lowest BCUT2D eigenvalue weighted by molar-refractivity contribution is 0.812. The van der Waals surface area contributed by atoms with Crippen LogP contribution >= 0.6 is 0 Å². The maximum atomic E-state index is 10.3. The molecule has 2 nitrogen and oxygen atoms in total. The van der Waals surface area contributed by atoms with E-state index >= 15 is 0 Å². The lowest BCUT2D eigenvalue weighted by Crippen LogP contribution is -2.61. The van der Waals surface area contributed by atoms with Crippen LogP contribution in [-0.4, -0.2) is 22.6 Å². The molecular weight excluding hydrogens is 914 g/mol. The van der Waals surface area contributed by atoms with Gasteiger partial charge in [-0.25, -0.2) is 0 Å². The van der Waals surface area contributed by atoms with E-state index in [1.54, 1.807) is 0 Å². The van der Waals surface area contributed by atoms with Gasteiger partial charge in [-0.15, -0.1) is 0 Å². The Morgan fingerprint density at radius 1 is 0.342 bits per heavy atom. The van der Waals surface area contributed by atoms with Gasteiger partial charge in [0.05, 0.1) is 20.6 Å². The van der Waals surface area contributed by atoms with E-state index in [-0.39, 0.29) is 88.8 Å². The van der Waals surface area contributed by atoms with E-state index in [1.165, 1.54) is 33.2 Å². The number of para-hydroxylation sites is 2. The Hall–Kier alpha value is -7.29. The van der Waals surface area contributed by atoms with Crippen molar-refractivity contribution in [2.24, 2.45) is 0 Å². The van der Waals surface area contributed by atoms with Gasteiger partial charge in [0.25, 0.3) is 0 Å². The first kappa shape index (κ1) is 40.9. The summed E-state index contributed by atoms with van der Waals surface area (Å²) in [6.45, 7) is 26.3. The van der Waals surface area contributed by atoms with E-state index in [1.807, 2.05) is 4.57 Å². The van der Waals surface area contributed by atoms with E-state index in [0.29, 0.717) is 16.9 Å². The minimum atomic E-state index is -0.637. The summed E-state index contributed by atoms with van der Waals surface area (Å²) < 4.78 is 72.3. The van der Waals surface area contributed by atoms with E-state index in [9.17, 15) is 8.22 Å². The van der Waals surface area contributed by atoms with Crippen molar-refractivity contribution in [2.75, 3.05) is 0 Å². The number of aromatic nitrogens is 2. The fourth-order valence-electron chi connectivity index (χ4n) is 13.4. The molecule has 13 rings (SSSR count). The topological polar surface area (TPSA) is 9.86 Å². The Kier molecular flexibility index (Phi) is 9.80. The highest BCUT2D eigenvalue weighted by atomic mass is 15.0. The van der Waals surface area contributed by atoms with Crippen molar-refractivity contribution >= 4 is 89.8 Å². The molecule has 0 radical (unpaired) electrons. The van der Waals surface area contributed by atoms with Crippen LogP contribution < -0.4 is 32.8 Å². The van der Waals surface area contributed by atoms with Crippen LogP contribution in [0.5, 0.6) is 0 Å². The van der Waals surface area contributed by atoms with Crippen molar-refractivity contribution in [2.45, 2.75) is 119 Å². The van der Waals surface area contributed by atoms with Gasteiger partial charge in [-0.05, 0) is 149 Å². The molecule has 0 amide bonds. The smallest absolute Gasteiger partial charge is 0.247 e. The Balaban J connectivity index is 1.30. The number of fused-ring (bicyclic) bond motifs is 10. The predicted octanol–water partition coefficient (Wildman–Crippen LogP) is 15.6. The molecule has 0 N–H and O–H groups in total. The second-order valence-electron chi connectivity index (χ2n) is 23.8. The molecule has 0 saturated carbocycles. The van der Waals surface area contributed by atoms with Gasteiger partial charge in [-0.1, -0.05) is 227 Å². The average molecular weight is 992 g/mol. The Labute approximate surface area is 461 Å². The Bertz CT molecular complexity index is 4490. The first-order valence-corrected chi connectivity index (χ1v) is 27.9. The van der Waals surface area contributed by atoms with Crippen molar-refractivity contribution in [3.05, 3.63) is 203 Å². The molecule has 4 heterocycles. The molecule has 11 aromatic rings. The lowest BCUT2D eigenvalue weighted by Gasteiger charge is -2.36. The maximum absolute atomic E-state index is 10.3. The highest BCUT2D eigenvalue weighted by Crippen LogP contribution is 2.41. The quantitative estimate of drug-likeness (QED) is 0.121. The van der Waals surface area contributed by atoms with Crippen molar-refractivity contribution in [1.82, 2.24) is 9.13 Å². The number of hydrogen-bond acceptors (Lipinski definition) is 0. The first-order chi connectivity index (χ1) is 39.6. The van der Waals surface area contributed by atoms with Gasteiger partial charge in [-0.2, -0.15) is 0 Å². The monoisotopic (exact) mass is 992 g/mol. The average Bonchev–Trinajstić information content (AvgIpc) is 2.08. The van der Waals surface area contributed by atoms with Gasteiger partial charge in [-0.3, -0.25) is 0 Å². The van der Waals surface area contributed by atoms with E-state index < -0.39 is 12.8 Å². The highest BCUT2D eigenvalue weighted by molar-refractivity contribution is 7.00. The van der Waals surface area contributed by atoms with E-state index in [2.05, 4.69) is 215 Å². The zero-order valence-corrected chi connectivity index (χ0v) is 46.1. The third-order valence-corrected chi connectivity index (χ3v) is 17.2. The summed E-state index contributed by atoms with van der Waals surface area (Å²) in [6, 6.07) is 45.6. The van der Waals surface area contributed by atoms with Gasteiger partial charge in [0, 0.05) is 44.0 Å². The standard InChI is InChI=1S/C72H70B2N2/c1-41(2)50-33-55(43(5)6)69(56(34-50)44(7)8)73-61-28-21-27-54-53-26-19-20-29-65(53)75(71(54)61)67-40-63-68(39-62(67)73)76-66-31-30-49(47-22-15-13-16-23-47)32-59(66)60-37-52(48-24-17-14-18-25-48)38-64(72(60)76)74(63)70-57(45(9)10)35-51(42(3)4)36-58(70)46(11)12/h13-46H,1-12H3/i19D,20D,21D,26D,27D,28D,29D. The largest absolute Gasteiger partial charge is 0.310 e. The molecule has 4 heteroatoms. The summed E-state index contributed by atoms with van der Waals surface area (Å²) in [5.41, 5.74) is 22.7. The summed E-state index contributed by atoms with van der Waals surface area (Å²) in [6.07, 6.45) is 0. The summed E-state index contributed by atoms with van der Waals surface area (Å²) in [5, 5.41) is 2.77. The summed E-state index contributed by atoms with van der Waals surface area (Å²) in [5.74, 6) is 0.952. The molecule has 9 aromatic carbocycles. The van der Waals surface area contributed by atoms with Crippen LogP contribution in [0, 0.1) is 0 Å². The zero-order chi connectivity index (χ0) is 58.7. The van der Waals surface area contributed by atoms with E-state index in [4.69, 9.17) is 1.37 Å². The fourth-order valence-corrected chi connectivity index (χ4v) is 13.4. The molecule has 2 aliphatic heterocycles. The number of rotatable bonds is 10. The molecule has 2 aromatic heterocycles. The summed E-state index contributed by atoms with van der Waals surface area (Å²) >= 11 is 0. The van der Waals surface area contributed by atoms with Crippen molar-refractivity contribution in [1.29, 1.82) is 0 Å². The molecule has 76 heavy (non-hydrogen) atoms. The predicted molar refractivity (Wildman–Crippen MR) is 333 cm³/mol. The number of benzene rings is 9. The van der Waals surface area contributed by atoms with Crippen LogP contribution in [0.4, 0.5) is 0 Å². The molecule has 0 spiro atoms. The molecule has 0 unspecified atom stereocenters. The molecule has 0 aliphatic carbocycles. The van der Waals surface area contributed by atoms with Gasteiger partial charge in [0.15, 0.2) is 0 Å². The third-order valence-electron chi connectivity index (χ3n) is 17.2. The zero-order valence-electron chi connectivity index (χ0n) is 53.1. The van der Waals surface area contributed by atoms with Gasteiger partial charge in [0.1, 0.15) is 0 Å². The second-order valence-corrected chi connectivity index (χ2v) is 23.8. The second kappa shape index (κ2) is 18.2. The fraction of sp³-hybridized carbons (Fsp3) is 0.250. The molecule has 0 atom stereocenters. The van der Waals surface area contributed by atoms with Crippen LogP contribution in [-0.2, 0) is 0 Å². The number of nitrogens with zero attached hydrogens (tertiary/aromatic N) is 2. The molecule has 0 saturated heterocycles. The number of hydrogen-bond donors (Lipinski definition) is 0. The Morgan fingerprint density at radius 2 is 0.803 bits per heavy atom. The molecule has 0 fully saturated rings. The van der Waals surface area contributed by atoms with Gasteiger partial charge in [0.2, 0.25) is 13.4 Å². The molecular formula is C72H70B2N2. The summed E-state index contributed by atoms with van der Waals surface area (Å²) in [4.78, 5) is 0. The normalized spacial score (nSPS) is 14.4. The van der Waals surface area contributed by atoms with E-state index in [0.717, 1.165) is 82.9 Å². The molecule has 374 valence electrons. The molecule has 0 bridgehead atoms. The summed E-state index contributed by atoms with van der Waals surface area (Å²) in [7, 11) is 0. The van der Waals surface area contributed by atoms with Gasteiger partial charge < -0.3 is 9.13 Å². The lowest BCUT2D eigenvalue weighted by atomic mass is 9.31. The maximum Gasteiger partial charge on any atom is 0.247 e. The molecule has 2 aliphatic rings. The van der Waals surface area contributed by atoms with Crippen LogP contribution in [0.25, 0.3) is 77.2 Å². The Morgan fingerprint density at radius 3 is 1.33 bits per heavy atom. The van der Waals surface area contributed by atoms with Crippen LogP contribution in [0.3, 0.4) is 0 Å². The highest BCUT2D eigenvalue weighted by Gasteiger charge is 2.43. The van der Waals surface area contributed by atoms with Crippen LogP contribution in [0.1, 0.15) is 162 Å². The third kappa shape index (κ3) is 7.29. The van der Waals surface area contributed by atoms with Crippen molar-refractivity contribution < 1.29 is 9.60 Å². The minimum Gasteiger partial charge on any atom is -0.310 e. The van der Waals surface area contributed by atoms with Crippen molar-refractivity contribution in [3.8, 4) is 33.6 Å². The van der Waals surface area contributed by atoms with Crippen LogP contribution in [0.2, 0.25) is 0 Å².